The number of aromatic nitrogens is 2. The van der Waals surface area contributed by atoms with E-state index in [1.807, 2.05) is 37.3 Å². The molecule has 0 radical (unpaired) electrons. The topological polar surface area (TPSA) is 59.1 Å². The fraction of sp³-hybridized carbons (Fsp3) is 0.333. The number of ether oxygens (including phenoxy) is 1. The maximum atomic E-state index is 6.14. The first-order valence-electron chi connectivity index (χ1n) is 6.75. The number of aryl methyl sites for hydroxylation is 1. The largest absolute Gasteiger partial charge is 0.383 e. The van der Waals surface area contributed by atoms with E-state index < -0.39 is 0 Å². The van der Waals surface area contributed by atoms with Gasteiger partial charge in [-0.15, -0.1) is 0 Å². The van der Waals surface area contributed by atoms with Crippen molar-refractivity contribution in [3.05, 3.63) is 46.7 Å². The Labute approximate surface area is 129 Å². The lowest BCUT2D eigenvalue weighted by molar-refractivity contribution is 0.210. The van der Waals surface area contributed by atoms with Crippen LogP contribution in [0.4, 0.5) is 11.6 Å². The molecule has 0 aliphatic rings. The van der Waals surface area contributed by atoms with Crippen molar-refractivity contribution in [3.8, 4) is 0 Å². The quantitative estimate of drug-likeness (QED) is 0.770. The van der Waals surface area contributed by atoms with Crippen molar-refractivity contribution < 1.29 is 4.74 Å². The number of rotatable bonds is 7. The molecule has 2 aromatic rings. The van der Waals surface area contributed by atoms with Gasteiger partial charge in [-0.2, -0.15) is 0 Å². The number of nitrogens with zero attached hydrogens (tertiary/aromatic N) is 2. The zero-order valence-corrected chi connectivity index (χ0v) is 12.9. The summed E-state index contributed by atoms with van der Waals surface area (Å²) in [6, 6.07) is 9.62. The molecular weight excluding hydrogens is 288 g/mol. The van der Waals surface area contributed by atoms with Gasteiger partial charge in [-0.05, 0) is 18.6 Å². The van der Waals surface area contributed by atoms with Crippen molar-refractivity contribution in [2.75, 3.05) is 30.9 Å². The zero-order valence-electron chi connectivity index (χ0n) is 12.2. The van der Waals surface area contributed by atoms with Crippen molar-refractivity contribution in [2.45, 2.75) is 13.5 Å². The fourth-order valence-corrected chi connectivity index (χ4v) is 2.06. The molecule has 1 aromatic carbocycles. The third-order valence-electron chi connectivity index (χ3n) is 2.87. The summed E-state index contributed by atoms with van der Waals surface area (Å²) in [5.74, 6) is 2.25. The molecule has 2 rings (SSSR count). The molecule has 21 heavy (non-hydrogen) atoms. The van der Waals surface area contributed by atoms with E-state index in [-0.39, 0.29) is 0 Å². The predicted octanol–water partition coefficient (Wildman–Crippen LogP) is 3.11. The zero-order chi connectivity index (χ0) is 15.1. The van der Waals surface area contributed by atoms with Crippen LogP contribution in [0.1, 0.15) is 11.4 Å². The van der Waals surface area contributed by atoms with Gasteiger partial charge in [0, 0.05) is 31.3 Å². The van der Waals surface area contributed by atoms with Crippen LogP contribution in [0.2, 0.25) is 5.02 Å². The van der Waals surface area contributed by atoms with E-state index in [1.165, 1.54) is 0 Å². The first-order valence-corrected chi connectivity index (χ1v) is 7.12. The molecule has 0 saturated carbocycles. The molecule has 0 amide bonds. The summed E-state index contributed by atoms with van der Waals surface area (Å²) < 4.78 is 5.01. The maximum absolute atomic E-state index is 6.14. The number of nitrogens with one attached hydrogen (secondary N) is 2. The lowest BCUT2D eigenvalue weighted by atomic mass is 10.2. The second-order valence-corrected chi connectivity index (χ2v) is 4.96. The van der Waals surface area contributed by atoms with Crippen LogP contribution in [0.25, 0.3) is 0 Å². The summed E-state index contributed by atoms with van der Waals surface area (Å²) in [6.07, 6.45) is 0. The first-order chi connectivity index (χ1) is 10.2. The van der Waals surface area contributed by atoms with Gasteiger partial charge in [0.1, 0.15) is 17.5 Å². The van der Waals surface area contributed by atoms with Crippen LogP contribution in [0, 0.1) is 6.92 Å². The molecule has 0 saturated heterocycles. The van der Waals surface area contributed by atoms with Gasteiger partial charge >= 0.3 is 0 Å². The Morgan fingerprint density at radius 2 is 1.86 bits per heavy atom. The van der Waals surface area contributed by atoms with Crippen molar-refractivity contribution in [3.63, 3.8) is 0 Å². The van der Waals surface area contributed by atoms with Crippen molar-refractivity contribution in [2.24, 2.45) is 0 Å². The van der Waals surface area contributed by atoms with E-state index >= 15 is 0 Å². The Balaban J connectivity index is 2.01. The molecule has 0 bridgehead atoms. The van der Waals surface area contributed by atoms with Gasteiger partial charge in [-0.1, -0.05) is 29.8 Å². The summed E-state index contributed by atoms with van der Waals surface area (Å²) in [5, 5.41) is 7.21. The average Bonchev–Trinajstić information content (AvgIpc) is 2.46. The van der Waals surface area contributed by atoms with Gasteiger partial charge in [0.05, 0.1) is 6.61 Å². The SMILES string of the molecule is COCCNc1cc(NCc2ccccc2Cl)nc(C)n1. The van der Waals surface area contributed by atoms with Crippen molar-refractivity contribution in [1.82, 2.24) is 9.97 Å². The van der Waals surface area contributed by atoms with Crippen LogP contribution >= 0.6 is 11.6 Å². The van der Waals surface area contributed by atoms with Crippen LogP contribution in [0.5, 0.6) is 0 Å². The highest BCUT2D eigenvalue weighted by atomic mass is 35.5. The lowest BCUT2D eigenvalue weighted by Crippen LogP contribution is -2.11. The Morgan fingerprint density at radius 1 is 1.14 bits per heavy atom. The van der Waals surface area contributed by atoms with Crippen LogP contribution in [0.15, 0.2) is 30.3 Å². The Morgan fingerprint density at radius 3 is 2.57 bits per heavy atom. The number of halogens is 1. The van der Waals surface area contributed by atoms with Crippen LogP contribution in [0.3, 0.4) is 0 Å². The van der Waals surface area contributed by atoms with Gasteiger partial charge in [0.25, 0.3) is 0 Å². The molecule has 0 fully saturated rings. The fourth-order valence-electron chi connectivity index (χ4n) is 1.86. The molecule has 0 aliphatic carbocycles. The Kier molecular flexibility index (Phi) is 5.78. The molecule has 1 heterocycles. The van der Waals surface area contributed by atoms with Gasteiger partial charge in [0.15, 0.2) is 0 Å². The molecule has 0 atom stereocenters. The highest BCUT2D eigenvalue weighted by Crippen LogP contribution is 2.17. The smallest absolute Gasteiger partial charge is 0.132 e. The Hall–Kier alpha value is -1.85. The number of hydrogen-bond acceptors (Lipinski definition) is 5. The third-order valence-corrected chi connectivity index (χ3v) is 3.24. The molecule has 2 N–H and O–H groups in total. The second kappa shape index (κ2) is 7.81. The van der Waals surface area contributed by atoms with E-state index in [1.54, 1.807) is 7.11 Å². The first kappa shape index (κ1) is 15.5. The number of hydrogen-bond donors (Lipinski definition) is 2. The average molecular weight is 307 g/mol. The van der Waals surface area contributed by atoms with Crippen LogP contribution < -0.4 is 10.6 Å². The van der Waals surface area contributed by atoms with E-state index in [9.17, 15) is 0 Å². The third kappa shape index (κ3) is 4.88. The summed E-state index contributed by atoms with van der Waals surface area (Å²) in [6.45, 7) is 3.82. The van der Waals surface area contributed by atoms with Crippen LogP contribution in [-0.2, 0) is 11.3 Å². The number of benzene rings is 1. The summed E-state index contributed by atoms with van der Waals surface area (Å²) >= 11 is 6.14. The van der Waals surface area contributed by atoms with Gasteiger partial charge in [0.2, 0.25) is 0 Å². The predicted molar refractivity (Wildman–Crippen MR) is 85.9 cm³/mol. The minimum atomic E-state index is 0.619. The van der Waals surface area contributed by atoms with Crippen LogP contribution in [-0.4, -0.2) is 30.2 Å². The molecule has 112 valence electrons. The molecule has 1 aromatic heterocycles. The number of methoxy groups -OCH3 is 1. The lowest BCUT2D eigenvalue weighted by Gasteiger charge is -2.10. The van der Waals surface area contributed by atoms with Crippen molar-refractivity contribution >= 4 is 23.2 Å². The van der Waals surface area contributed by atoms with E-state index in [2.05, 4.69) is 20.6 Å². The monoisotopic (exact) mass is 306 g/mol. The van der Waals surface area contributed by atoms with E-state index in [0.29, 0.717) is 25.5 Å². The maximum Gasteiger partial charge on any atom is 0.132 e. The molecule has 5 nitrogen and oxygen atoms in total. The molecule has 0 spiro atoms. The van der Waals surface area contributed by atoms with E-state index in [0.717, 1.165) is 22.2 Å². The van der Waals surface area contributed by atoms with E-state index in [4.69, 9.17) is 16.3 Å². The summed E-state index contributed by atoms with van der Waals surface area (Å²) in [4.78, 5) is 8.70. The Bertz CT molecular complexity index is 592. The summed E-state index contributed by atoms with van der Waals surface area (Å²) in [7, 11) is 1.67. The molecule has 0 aliphatic heterocycles. The molecule has 0 unspecified atom stereocenters. The molecule has 6 heteroatoms. The number of anilines is 2. The van der Waals surface area contributed by atoms with Gasteiger partial charge in [-0.3, -0.25) is 0 Å². The van der Waals surface area contributed by atoms with Gasteiger partial charge in [-0.25, -0.2) is 9.97 Å². The minimum Gasteiger partial charge on any atom is -0.383 e. The minimum absolute atomic E-state index is 0.619. The van der Waals surface area contributed by atoms with Crippen molar-refractivity contribution in [1.29, 1.82) is 0 Å². The normalized spacial score (nSPS) is 10.4. The second-order valence-electron chi connectivity index (χ2n) is 4.55. The summed E-state index contributed by atoms with van der Waals surface area (Å²) in [5.41, 5.74) is 1.03. The molecular formula is C15H19ClN4O. The highest BCUT2D eigenvalue weighted by Gasteiger charge is 2.03. The standard InChI is InChI=1S/C15H19ClN4O/c1-11-19-14(17-7-8-21-2)9-15(20-11)18-10-12-5-3-4-6-13(12)16/h3-6,9H,7-8,10H2,1-2H3,(H2,17,18,19,20). The highest BCUT2D eigenvalue weighted by molar-refractivity contribution is 6.31. The van der Waals surface area contributed by atoms with Gasteiger partial charge < -0.3 is 15.4 Å².